The molecular formula is C41H28N2OS. The summed E-state index contributed by atoms with van der Waals surface area (Å²) in [4.78, 5) is 2.35. The van der Waals surface area contributed by atoms with Gasteiger partial charge in [0.25, 0.3) is 0 Å². The number of fused-ring (bicyclic) bond motifs is 6. The predicted octanol–water partition coefficient (Wildman–Crippen LogP) is 11.7. The number of benzene rings is 6. The van der Waals surface area contributed by atoms with Gasteiger partial charge in [0, 0.05) is 48.2 Å². The molecule has 45 heavy (non-hydrogen) atoms. The van der Waals surface area contributed by atoms with Gasteiger partial charge in [0.05, 0.1) is 6.54 Å². The maximum atomic E-state index is 6.21. The number of nitrogens with zero attached hydrogens (tertiary/aromatic N) is 1. The van der Waals surface area contributed by atoms with E-state index in [1.807, 2.05) is 17.5 Å². The molecule has 3 heterocycles. The van der Waals surface area contributed by atoms with E-state index < -0.39 is 0 Å². The molecular weight excluding hydrogens is 569 g/mol. The number of thiophene rings is 1. The number of hydrogen-bond acceptors (Lipinski definition) is 4. The highest BCUT2D eigenvalue weighted by Crippen LogP contribution is 2.41. The molecule has 0 atom stereocenters. The van der Waals surface area contributed by atoms with Crippen LogP contribution in [0.15, 0.2) is 150 Å². The Morgan fingerprint density at radius 2 is 1.18 bits per heavy atom. The Hall–Kier alpha value is -5.58. The maximum Gasteiger partial charge on any atom is 0.135 e. The number of furan rings is 1. The molecule has 1 N–H and O–H groups in total. The van der Waals surface area contributed by atoms with Crippen molar-refractivity contribution in [1.82, 2.24) is 5.32 Å². The molecule has 0 unspecified atom stereocenters. The van der Waals surface area contributed by atoms with Crippen LogP contribution in [0, 0.1) is 0 Å². The van der Waals surface area contributed by atoms with Gasteiger partial charge in [-0.15, -0.1) is 11.3 Å². The Balaban J connectivity index is 1.13. The van der Waals surface area contributed by atoms with E-state index in [0.29, 0.717) is 0 Å². The zero-order chi connectivity index (χ0) is 29.7. The normalized spacial score (nSPS) is 12.4. The van der Waals surface area contributed by atoms with E-state index in [1.54, 1.807) is 0 Å². The lowest BCUT2D eigenvalue weighted by atomic mass is 10.0. The topological polar surface area (TPSA) is 28.4 Å². The van der Waals surface area contributed by atoms with Crippen LogP contribution in [0.25, 0.3) is 59.5 Å². The zero-order valence-corrected chi connectivity index (χ0v) is 25.2. The fourth-order valence-corrected chi connectivity index (χ4v) is 7.58. The first-order valence-electron chi connectivity index (χ1n) is 15.2. The van der Waals surface area contributed by atoms with Gasteiger partial charge in [-0.1, -0.05) is 78.9 Å². The van der Waals surface area contributed by atoms with Gasteiger partial charge in [0.2, 0.25) is 0 Å². The van der Waals surface area contributed by atoms with Crippen molar-refractivity contribution in [2.24, 2.45) is 0 Å². The number of anilines is 3. The summed E-state index contributed by atoms with van der Waals surface area (Å²) in [7, 11) is 0. The number of nitrogens with one attached hydrogen (secondary N) is 1. The van der Waals surface area contributed by atoms with Crippen molar-refractivity contribution in [1.29, 1.82) is 0 Å². The first kappa shape index (κ1) is 25.9. The lowest BCUT2D eigenvalue weighted by Crippen LogP contribution is -2.09. The summed E-state index contributed by atoms with van der Waals surface area (Å²) < 4.78 is 8.83. The second-order valence-corrected chi connectivity index (χ2v) is 12.5. The monoisotopic (exact) mass is 596 g/mol. The second-order valence-electron chi connectivity index (χ2n) is 11.4. The molecule has 2 aromatic heterocycles. The minimum atomic E-state index is 0.722. The first-order chi connectivity index (χ1) is 22.3. The van der Waals surface area contributed by atoms with E-state index in [0.717, 1.165) is 51.5 Å². The van der Waals surface area contributed by atoms with Crippen LogP contribution in [0.4, 0.5) is 17.1 Å². The molecule has 0 fully saturated rings. The highest BCUT2D eigenvalue weighted by molar-refractivity contribution is 7.25. The molecule has 0 spiro atoms. The molecule has 0 radical (unpaired) electrons. The molecule has 6 aromatic carbocycles. The van der Waals surface area contributed by atoms with Crippen LogP contribution in [0.1, 0.15) is 11.3 Å². The fraction of sp³-hybridized carbons (Fsp3) is 0.0244. The Bertz CT molecular complexity index is 2360. The van der Waals surface area contributed by atoms with Crippen LogP contribution in [0.3, 0.4) is 0 Å². The molecule has 0 amide bonds. The van der Waals surface area contributed by atoms with E-state index in [-0.39, 0.29) is 0 Å². The summed E-state index contributed by atoms with van der Waals surface area (Å²) in [5, 5.41) is 6.99. The van der Waals surface area contributed by atoms with Crippen LogP contribution < -0.4 is 10.2 Å². The molecule has 8 aromatic rings. The van der Waals surface area contributed by atoms with Crippen LogP contribution in [-0.2, 0) is 6.54 Å². The zero-order valence-electron chi connectivity index (χ0n) is 24.4. The van der Waals surface area contributed by atoms with Crippen molar-refractivity contribution in [3.8, 4) is 22.3 Å². The lowest BCUT2D eigenvalue weighted by Gasteiger charge is -2.26. The van der Waals surface area contributed by atoms with Gasteiger partial charge in [0.15, 0.2) is 0 Å². The minimum absolute atomic E-state index is 0.722. The molecule has 4 heteroatoms. The fourth-order valence-electron chi connectivity index (χ4n) is 6.49. The summed E-state index contributed by atoms with van der Waals surface area (Å²) >= 11 is 1.85. The third kappa shape index (κ3) is 4.50. The molecule has 1 aliphatic rings. The molecule has 9 rings (SSSR count). The van der Waals surface area contributed by atoms with Gasteiger partial charge < -0.3 is 14.6 Å². The van der Waals surface area contributed by atoms with E-state index in [1.165, 1.54) is 36.9 Å². The van der Waals surface area contributed by atoms with Crippen LogP contribution >= 0.6 is 11.3 Å². The Labute approximate surface area is 265 Å². The van der Waals surface area contributed by atoms with Gasteiger partial charge in [-0.05, 0) is 95.2 Å². The number of hydrogen-bond donors (Lipinski definition) is 1. The van der Waals surface area contributed by atoms with Crippen LogP contribution in [0.5, 0.6) is 0 Å². The van der Waals surface area contributed by atoms with Crippen LogP contribution in [0.2, 0.25) is 0 Å². The number of rotatable bonds is 5. The van der Waals surface area contributed by atoms with Crippen molar-refractivity contribution in [3.05, 3.63) is 157 Å². The first-order valence-corrected chi connectivity index (χ1v) is 16.0. The quantitative estimate of drug-likeness (QED) is 0.214. The van der Waals surface area contributed by atoms with E-state index in [4.69, 9.17) is 4.42 Å². The van der Waals surface area contributed by atoms with E-state index in [2.05, 4.69) is 156 Å². The molecule has 0 saturated heterocycles. The van der Waals surface area contributed by atoms with Gasteiger partial charge in [-0.3, -0.25) is 0 Å². The average Bonchev–Trinajstić information content (AvgIpc) is 3.67. The Morgan fingerprint density at radius 1 is 0.533 bits per heavy atom. The largest absolute Gasteiger partial charge is 0.459 e. The molecule has 0 saturated carbocycles. The standard InChI is InChI=1S/C41H28N2OS/c1-2-6-27(7-3-1)28-10-15-31(16-11-28)43(33-19-21-41-37(25-33)36-8-4-5-9-40(36)45-41)32-17-12-29(13-18-32)30-14-20-34-35-22-23-42-26-39(35)44-38(34)24-30/h1-25,42H,26H2. The predicted molar refractivity (Wildman–Crippen MR) is 191 cm³/mol. The van der Waals surface area contributed by atoms with Gasteiger partial charge >= 0.3 is 0 Å². The Kier molecular flexibility index (Phi) is 6.06. The molecule has 0 aliphatic carbocycles. The summed E-state index contributed by atoms with van der Waals surface area (Å²) in [6.45, 7) is 0.722. The third-order valence-electron chi connectivity index (χ3n) is 8.75. The van der Waals surface area contributed by atoms with E-state index >= 15 is 0 Å². The molecule has 214 valence electrons. The van der Waals surface area contributed by atoms with Crippen molar-refractivity contribution < 1.29 is 4.42 Å². The summed E-state index contributed by atoms with van der Waals surface area (Å²) in [6.07, 6.45) is 4.08. The average molecular weight is 597 g/mol. The van der Waals surface area contributed by atoms with Crippen molar-refractivity contribution >= 4 is 65.6 Å². The van der Waals surface area contributed by atoms with Gasteiger partial charge in [-0.25, -0.2) is 0 Å². The van der Waals surface area contributed by atoms with Crippen molar-refractivity contribution in [3.63, 3.8) is 0 Å². The highest BCUT2D eigenvalue weighted by Gasteiger charge is 2.17. The molecule has 1 aliphatic heterocycles. The smallest absolute Gasteiger partial charge is 0.135 e. The van der Waals surface area contributed by atoms with Crippen molar-refractivity contribution in [2.75, 3.05) is 4.90 Å². The summed E-state index contributed by atoms with van der Waals surface area (Å²) in [5.74, 6) is 0.990. The summed E-state index contributed by atoms with van der Waals surface area (Å²) in [6, 6.07) is 50.4. The third-order valence-corrected chi connectivity index (χ3v) is 9.90. The maximum absolute atomic E-state index is 6.21. The summed E-state index contributed by atoms with van der Waals surface area (Å²) in [5.41, 5.74) is 10.2. The lowest BCUT2D eigenvalue weighted by molar-refractivity contribution is 0.532. The van der Waals surface area contributed by atoms with Crippen LogP contribution in [-0.4, -0.2) is 0 Å². The Morgan fingerprint density at radius 3 is 1.98 bits per heavy atom. The molecule has 3 nitrogen and oxygen atoms in total. The van der Waals surface area contributed by atoms with Gasteiger partial charge in [-0.2, -0.15) is 0 Å². The highest BCUT2D eigenvalue weighted by atomic mass is 32.1. The van der Waals surface area contributed by atoms with E-state index in [9.17, 15) is 0 Å². The minimum Gasteiger partial charge on any atom is -0.459 e. The second kappa shape index (κ2) is 10.5. The van der Waals surface area contributed by atoms with Gasteiger partial charge in [0.1, 0.15) is 11.3 Å². The SMILES string of the molecule is C1=Cc2c(oc3cc(-c4ccc(N(c5ccc(-c6ccccc6)cc5)c5ccc6sc7ccccc7c6c5)cc4)ccc23)CN1. The van der Waals surface area contributed by atoms with Crippen molar-refractivity contribution in [2.45, 2.75) is 6.54 Å². The molecule has 0 bridgehead atoms.